The average molecular weight is 383 g/mol. The van der Waals surface area contributed by atoms with E-state index in [1.54, 1.807) is 23.7 Å². The molecule has 2 N–H and O–H groups in total. The van der Waals surface area contributed by atoms with E-state index in [9.17, 15) is 5.11 Å². The Balaban J connectivity index is 1.19. The molecule has 3 heterocycles. The van der Waals surface area contributed by atoms with Crippen LogP contribution in [-0.2, 0) is 0 Å². The second-order valence-electron chi connectivity index (χ2n) is 7.11. The number of aliphatic hydroxyl groups excluding tert-OH is 1. The molecular weight excluding hydrogens is 362 g/mol. The zero-order chi connectivity index (χ0) is 18.2. The monoisotopic (exact) mass is 383 g/mol. The highest BCUT2D eigenvalue weighted by Gasteiger charge is 2.33. The number of β-amino-alcohol motifs (C(OH)–C–C–N with tert-alkyl or cyclic N) is 1. The summed E-state index contributed by atoms with van der Waals surface area (Å²) >= 11 is 1.68. The highest BCUT2D eigenvalue weighted by atomic mass is 32.1. The second kappa shape index (κ2) is 6.94. The fourth-order valence-corrected chi connectivity index (χ4v) is 4.54. The maximum atomic E-state index is 9.77. The van der Waals surface area contributed by atoms with Crippen molar-refractivity contribution in [3.8, 4) is 5.88 Å². The number of para-hydroxylation sites is 1. The van der Waals surface area contributed by atoms with E-state index in [0.717, 1.165) is 42.3 Å². The molecule has 1 unspecified atom stereocenters. The number of ether oxygens (including phenoxy) is 1. The van der Waals surface area contributed by atoms with E-state index >= 15 is 0 Å². The summed E-state index contributed by atoms with van der Waals surface area (Å²) in [5, 5.41) is 14.2. The summed E-state index contributed by atoms with van der Waals surface area (Å²) in [7, 11) is 0. The number of hydrogen-bond donors (Lipinski definition) is 2. The number of nitrogens with one attached hydrogen (secondary N) is 1. The van der Waals surface area contributed by atoms with Crippen LogP contribution >= 0.6 is 11.3 Å². The fraction of sp³-hybridized carbons (Fsp3) is 0.421. The Kier molecular flexibility index (Phi) is 4.29. The molecule has 2 aromatic heterocycles. The van der Waals surface area contributed by atoms with Gasteiger partial charge in [-0.15, -0.1) is 0 Å². The second-order valence-corrected chi connectivity index (χ2v) is 8.14. The van der Waals surface area contributed by atoms with Crippen molar-refractivity contribution in [2.75, 3.05) is 23.3 Å². The Morgan fingerprint density at radius 2 is 2.04 bits per heavy atom. The van der Waals surface area contributed by atoms with E-state index in [4.69, 9.17) is 4.74 Å². The number of hydrogen-bond acceptors (Lipinski definition) is 8. The molecule has 2 fully saturated rings. The number of benzene rings is 1. The molecule has 1 saturated heterocycles. The summed E-state index contributed by atoms with van der Waals surface area (Å²) < 4.78 is 7.30. The first kappa shape index (κ1) is 16.7. The number of thiazole rings is 1. The molecule has 0 bridgehead atoms. The number of anilines is 2. The van der Waals surface area contributed by atoms with Gasteiger partial charge in [-0.25, -0.2) is 15.0 Å². The molecule has 0 amide bonds. The van der Waals surface area contributed by atoms with Crippen molar-refractivity contribution in [2.24, 2.45) is 0 Å². The molecule has 1 aromatic carbocycles. The first-order valence-electron chi connectivity index (χ1n) is 9.27. The van der Waals surface area contributed by atoms with Crippen LogP contribution in [0.15, 0.2) is 36.7 Å². The number of rotatable bonds is 5. The number of aromatic nitrogens is 3. The molecule has 0 spiro atoms. The minimum absolute atomic E-state index is 0.125. The van der Waals surface area contributed by atoms with Crippen molar-refractivity contribution < 1.29 is 9.84 Å². The van der Waals surface area contributed by atoms with Gasteiger partial charge >= 0.3 is 0 Å². The number of fused-ring (bicyclic) bond motifs is 1. The predicted molar refractivity (Wildman–Crippen MR) is 106 cm³/mol. The molecule has 1 atom stereocenters. The van der Waals surface area contributed by atoms with Crippen LogP contribution in [0.3, 0.4) is 0 Å². The SMILES string of the molecule is OC1CCN(c2nccnc2O[C@H]2C[C@@H](Nc3nc4ccccc4s3)C2)C1. The predicted octanol–water partition coefficient (Wildman–Crippen LogP) is 2.68. The Hall–Kier alpha value is -2.45. The van der Waals surface area contributed by atoms with Crippen LogP contribution in [-0.4, -0.2) is 51.4 Å². The Labute approximate surface area is 161 Å². The molecule has 1 aliphatic heterocycles. The highest BCUT2D eigenvalue weighted by molar-refractivity contribution is 7.22. The number of aliphatic hydroxyl groups is 1. The van der Waals surface area contributed by atoms with E-state index in [1.165, 1.54) is 4.70 Å². The third kappa shape index (κ3) is 3.42. The van der Waals surface area contributed by atoms with E-state index in [1.807, 2.05) is 23.1 Å². The maximum Gasteiger partial charge on any atom is 0.257 e. The van der Waals surface area contributed by atoms with E-state index in [-0.39, 0.29) is 12.2 Å². The molecule has 3 aromatic rings. The zero-order valence-corrected chi connectivity index (χ0v) is 15.6. The number of nitrogens with zero attached hydrogens (tertiary/aromatic N) is 4. The molecule has 8 heteroatoms. The molecule has 27 heavy (non-hydrogen) atoms. The van der Waals surface area contributed by atoms with Crippen molar-refractivity contribution >= 4 is 32.5 Å². The van der Waals surface area contributed by atoms with Gasteiger partial charge in [0.15, 0.2) is 10.9 Å². The topological polar surface area (TPSA) is 83.4 Å². The van der Waals surface area contributed by atoms with Crippen molar-refractivity contribution in [1.29, 1.82) is 0 Å². The van der Waals surface area contributed by atoms with Gasteiger partial charge in [0.1, 0.15) is 6.10 Å². The van der Waals surface area contributed by atoms with Crippen molar-refractivity contribution in [1.82, 2.24) is 15.0 Å². The van der Waals surface area contributed by atoms with Gasteiger partial charge in [-0.05, 0) is 18.6 Å². The third-order valence-electron chi connectivity index (χ3n) is 5.10. The lowest BCUT2D eigenvalue weighted by atomic mass is 9.89. The average Bonchev–Trinajstić information content (AvgIpc) is 3.26. The van der Waals surface area contributed by atoms with Gasteiger partial charge in [-0.2, -0.15) is 0 Å². The van der Waals surface area contributed by atoms with Crippen LogP contribution in [0, 0.1) is 0 Å². The molecule has 5 rings (SSSR count). The minimum Gasteiger partial charge on any atom is -0.472 e. The summed E-state index contributed by atoms with van der Waals surface area (Å²) in [5.74, 6) is 1.30. The van der Waals surface area contributed by atoms with Gasteiger partial charge in [0.25, 0.3) is 5.88 Å². The third-order valence-corrected chi connectivity index (χ3v) is 6.07. The lowest BCUT2D eigenvalue weighted by Crippen LogP contribution is -2.43. The van der Waals surface area contributed by atoms with Crippen molar-refractivity contribution in [3.63, 3.8) is 0 Å². The summed E-state index contributed by atoms with van der Waals surface area (Å²) in [4.78, 5) is 15.5. The summed E-state index contributed by atoms with van der Waals surface area (Å²) in [6, 6.07) is 8.54. The van der Waals surface area contributed by atoms with Gasteiger partial charge in [0.2, 0.25) is 0 Å². The Bertz CT molecular complexity index is 910. The molecule has 0 radical (unpaired) electrons. The van der Waals surface area contributed by atoms with Crippen LogP contribution in [0.1, 0.15) is 19.3 Å². The molecule has 140 valence electrons. The lowest BCUT2D eigenvalue weighted by molar-refractivity contribution is 0.103. The standard InChI is InChI=1S/C19H21N5O2S/c25-13-5-8-24(11-13)17-18(21-7-6-20-17)26-14-9-12(10-14)22-19-23-15-3-1-2-4-16(15)27-19/h1-4,6-7,12-14,25H,5,8-11H2,(H,22,23)/t12-,13?,14+. The van der Waals surface area contributed by atoms with Crippen LogP contribution in [0.4, 0.5) is 10.9 Å². The van der Waals surface area contributed by atoms with Gasteiger partial charge < -0.3 is 20.1 Å². The quantitative estimate of drug-likeness (QED) is 0.701. The molecule has 7 nitrogen and oxygen atoms in total. The summed E-state index contributed by atoms with van der Waals surface area (Å²) in [5.41, 5.74) is 1.04. The first-order valence-corrected chi connectivity index (χ1v) is 10.1. The molecule has 1 saturated carbocycles. The smallest absolute Gasteiger partial charge is 0.257 e. The zero-order valence-electron chi connectivity index (χ0n) is 14.8. The normalized spacial score (nSPS) is 24.8. The lowest BCUT2D eigenvalue weighted by Gasteiger charge is -2.35. The largest absolute Gasteiger partial charge is 0.472 e. The highest BCUT2D eigenvalue weighted by Crippen LogP contribution is 2.34. The van der Waals surface area contributed by atoms with Crippen LogP contribution in [0.25, 0.3) is 10.2 Å². The Morgan fingerprint density at radius 1 is 1.19 bits per heavy atom. The van der Waals surface area contributed by atoms with E-state index in [0.29, 0.717) is 18.5 Å². The van der Waals surface area contributed by atoms with Gasteiger partial charge in [0, 0.05) is 44.4 Å². The van der Waals surface area contributed by atoms with Gasteiger partial charge in [-0.3, -0.25) is 0 Å². The van der Waals surface area contributed by atoms with Crippen LogP contribution in [0.2, 0.25) is 0 Å². The molecule has 1 aliphatic carbocycles. The maximum absolute atomic E-state index is 9.77. The van der Waals surface area contributed by atoms with Crippen molar-refractivity contribution in [2.45, 2.75) is 37.5 Å². The minimum atomic E-state index is -0.300. The van der Waals surface area contributed by atoms with Crippen LogP contribution < -0.4 is 15.0 Å². The van der Waals surface area contributed by atoms with Crippen molar-refractivity contribution in [3.05, 3.63) is 36.7 Å². The molecular formula is C19H21N5O2S. The van der Waals surface area contributed by atoms with Gasteiger partial charge in [-0.1, -0.05) is 23.5 Å². The van der Waals surface area contributed by atoms with E-state index in [2.05, 4.69) is 26.3 Å². The summed E-state index contributed by atoms with van der Waals surface area (Å²) in [6.07, 6.45) is 5.73. The van der Waals surface area contributed by atoms with Crippen LogP contribution in [0.5, 0.6) is 5.88 Å². The van der Waals surface area contributed by atoms with Gasteiger partial charge in [0.05, 0.1) is 16.3 Å². The Morgan fingerprint density at radius 3 is 2.85 bits per heavy atom. The summed E-state index contributed by atoms with van der Waals surface area (Å²) in [6.45, 7) is 1.37. The fourth-order valence-electron chi connectivity index (χ4n) is 3.60. The van der Waals surface area contributed by atoms with E-state index < -0.39 is 0 Å². The first-order chi connectivity index (χ1) is 13.2. The molecule has 2 aliphatic rings.